The molecule has 88 valence electrons. The van der Waals surface area contributed by atoms with E-state index < -0.39 is 0 Å². The maximum Gasteiger partial charge on any atom is 0.132 e. The standard InChI is InChI=1S/C12H14N4O/c1-13-10-5-16(6-10)12-4-11(14-8-15-12)9-2-3-17-7-9/h2-4,7-8,10,13H,5-6H2,1H3. The van der Waals surface area contributed by atoms with Crippen LogP contribution in [0.15, 0.2) is 35.4 Å². The van der Waals surface area contributed by atoms with Gasteiger partial charge in [-0.05, 0) is 13.1 Å². The van der Waals surface area contributed by atoms with Crippen LogP contribution >= 0.6 is 0 Å². The highest BCUT2D eigenvalue weighted by Gasteiger charge is 2.26. The lowest BCUT2D eigenvalue weighted by atomic mass is 10.1. The van der Waals surface area contributed by atoms with Gasteiger partial charge in [-0.25, -0.2) is 9.97 Å². The van der Waals surface area contributed by atoms with Crippen LogP contribution in [0.25, 0.3) is 11.3 Å². The Morgan fingerprint density at radius 2 is 2.29 bits per heavy atom. The summed E-state index contributed by atoms with van der Waals surface area (Å²) >= 11 is 0. The molecule has 5 heteroatoms. The van der Waals surface area contributed by atoms with Crippen LogP contribution in [0.4, 0.5) is 5.82 Å². The Morgan fingerprint density at radius 3 is 3.00 bits per heavy atom. The van der Waals surface area contributed by atoms with Crippen molar-refractivity contribution in [3.8, 4) is 11.3 Å². The Balaban J connectivity index is 1.81. The molecule has 1 aliphatic rings. The van der Waals surface area contributed by atoms with E-state index in [-0.39, 0.29) is 0 Å². The number of furan rings is 1. The zero-order chi connectivity index (χ0) is 11.7. The van der Waals surface area contributed by atoms with Gasteiger partial charge in [-0.15, -0.1) is 0 Å². The average molecular weight is 230 g/mol. The zero-order valence-corrected chi connectivity index (χ0v) is 9.63. The van der Waals surface area contributed by atoms with E-state index in [1.807, 2.05) is 19.2 Å². The fourth-order valence-electron chi connectivity index (χ4n) is 1.94. The summed E-state index contributed by atoms with van der Waals surface area (Å²) < 4.78 is 5.06. The van der Waals surface area contributed by atoms with Gasteiger partial charge in [-0.2, -0.15) is 0 Å². The van der Waals surface area contributed by atoms with Crippen molar-refractivity contribution in [2.45, 2.75) is 6.04 Å². The fourth-order valence-corrected chi connectivity index (χ4v) is 1.94. The molecular formula is C12H14N4O. The van der Waals surface area contributed by atoms with Gasteiger partial charge in [0.15, 0.2) is 0 Å². The fraction of sp³-hybridized carbons (Fsp3) is 0.333. The van der Waals surface area contributed by atoms with Gasteiger partial charge < -0.3 is 14.6 Å². The molecule has 1 fully saturated rings. The number of aromatic nitrogens is 2. The van der Waals surface area contributed by atoms with E-state index in [0.29, 0.717) is 6.04 Å². The molecule has 0 aromatic carbocycles. The van der Waals surface area contributed by atoms with Gasteiger partial charge in [0.2, 0.25) is 0 Å². The van der Waals surface area contributed by atoms with Crippen molar-refractivity contribution in [2.75, 3.05) is 25.0 Å². The molecule has 2 aromatic rings. The summed E-state index contributed by atoms with van der Waals surface area (Å²) in [5, 5.41) is 3.24. The van der Waals surface area contributed by atoms with Gasteiger partial charge >= 0.3 is 0 Å². The zero-order valence-electron chi connectivity index (χ0n) is 9.63. The average Bonchev–Trinajstić information content (AvgIpc) is 2.81. The number of rotatable bonds is 3. The first kappa shape index (κ1) is 10.3. The molecule has 1 saturated heterocycles. The largest absolute Gasteiger partial charge is 0.472 e. The Kier molecular flexibility index (Phi) is 2.53. The van der Waals surface area contributed by atoms with Crippen LogP contribution in [0.2, 0.25) is 0 Å². The van der Waals surface area contributed by atoms with Crippen molar-refractivity contribution in [1.29, 1.82) is 0 Å². The first-order valence-corrected chi connectivity index (χ1v) is 5.63. The van der Waals surface area contributed by atoms with Gasteiger partial charge in [0.1, 0.15) is 12.1 Å². The Labute approximate surface area is 99.5 Å². The number of hydrogen-bond donors (Lipinski definition) is 1. The summed E-state index contributed by atoms with van der Waals surface area (Å²) in [4.78, 5) is 10.8. The van der Waals surface area contributed by atoms with Crippen molar-refractivity contribution >= 4 is 5.82 Å². The summed E-state index contributed by atoms with van der Waals surface area (Å²) in [5.74, 6) is 0.975. The minimum atomic E-state index is 0.572. The highest BCUT2D eigenvalue weighted by atomic mass is 16.3. The molecule has 0 saturated carbocycles. The monoisotopic (exact) mass is 230 g/mol. The van der Waals surface area contributed by atoms with Crippen LogP contribution in [0.1, 0.15) is 0 Å². The lowest BCUT2D eigenvalue weighted by molar-refractivity contribution is 0.447. The Hall–Kier alpha value is -1.88. The van der Waals surface area contributed by atoms with Gasteiger partial charge in [-0.1, -0.05) is 0 Å². The molecule has 1 aliphatic heterocycles. The third kappa shape index (κ3) is 1.89. The molecule has 0 aliphatic carbocycles. The molecule has 5 nitrogen and oxygen atoms in total. The van der Waals surface area contributed by atoms with E-state index in [2.05, 4.69) is 20.2 Å². The van der Waals surface area contributed by atoms with E-state index in [0.717, 1.165) is 30.2 Å². The predicted octanol–water partition coefficient (Wildman–Crippen LogP) is 1.14. The lowest BCUT2D eigenvalue weighted by Crippen LogP contribution is -2.57. The quantitative estimate of drug-likeness (QED) is 0.857. The van der Waals surface area contributed by atoms with Crippen LogP contribution in [-0.2, 0) is 0 Å². The van der Waals surface area contributed by atoms with Gasteiger partial charge in [0, 0.05) is 30.8 Å². The van der Waals surface area contributed by atoms with Gasteiger partial charge in [0.25, 0.3) is 0 Å². The Bertz CT molecular complexity index is 491. The first-order chi connectivity index (χ1) is 8.36. The molecule has 0 atom stereocenters. The lowest BCUT2D eigenvalue weighted by Gasteiger charge is -2.39. The summed E-state index contributed by atoms with van der Waals surface area (Å²) in [6, 6.07) is 4.47. The van der Waals surface area contributed by atoms with Crippen molar-refractivity contribution < 1.29 is 4.42 Å². The summed E-state index contributed by atoms with van der Waals surface area (Å²) in [7, 11) is 1.99. The predicted molar refractivity (Wildman–Crippen MR) is 64.8 cm³/mol. The summed E-state index contributed by atoms with van der Waals surface area (Å²) in [5.41, 5.74) is 1.89. The molecule has 0 unspecified atom stereocenters. The van der Waals surface area contributed by atoms with E-state index in [1.54, 1.807) is 18.9 Å². The number of nitrogens with one attached hydrogen (secondary N) is 1. The van der Waals surface area contributed by atoms with E-state index in [4.69, 9.17) is 4.42 Å². The summed E-state index contributed by atoms with van der Waals surface area (Å²) in [6.07, 6.45) is 4.95. The van der Waals surface area contributed by atoms with Crippen LogP contribution in [0.5, 0.6) is 0 Å². The molecule has 3 rings (SSSR count). The maximum absolute atomic E-state index is 5.06. The molecule has 0 bridgehead atoms. The van der Waals surface area contributed by atoms with Crippen LogP contribution < -0.4 is 10.2 Å². The molecule has 3 heterocycles. The van der Waals surface area contributed by atoms with Crippen molar-refractivity contribution in [3.05, 3.63) is 31.0 Å². The first-order valence-electron chi connectivity index (χ1n) is 5.63. The molecule has 17 heavy (non-hydrogen) atoms. The molecule has 2 aromatic heterocycles. The van der Waals surface area contributed by atoms with E-state index in [1.165, 1.54) is 0 Å². The van der Waals surface area contributed by atoms with E-state index >= 15 is 0 Å². The third-order valence-corrected chi connectivity index (χ3v) is 3.08. The minimum absolute atomic E-state index is 0.572. The molecule has 0 radical (unpaired) electrons. The third-order valence-electron chi connectivity index (χ3n) is 3.08. The molecule has 0 spiro atoms. The normalized spacial score (nSPS) is 15.9. The second-order valence-corrected chi connectivity index (χ2v) is 4.16. The number of likely N-dealkylation sites (N-methyl/N-ethyl adjacent to an activating group) is 1. The Morgan fingerprint density at radius 1 is 1.41 bits per heavy atom. The molecular weight excluding hydrogens is 216 g/mol. The van der Waals surface area contributed by atoms with Crippen LogP contribution in [-0.4, -0.2) is 36.1 Å². The van der Waals surface area contributed by atoms with Crippen LogP contribution in [0.3, 0.4) is 0 Å². The highest BCUT2D eigenvalue weighted by Crippen LogP contribution is 2.23. The molecule has 0 amide bonds. The van der Waals surface area contributed by atoms with Gasteiger partial charge in [-0.3, -0.25) is 0 Å². The molecule has 1 N–H and O–H groups in total. The van der Waals surface area contributed by atoms with Crippen LogP contribution in [0, 0.1) is 0 Å². The SMILES string of the molecule is CNC1CN(c2cc(-c3ccoc3)ncn2)C1. The van der Waals surface area contributed by atoms with Crippen molar-refractivity contribution in [2.24, 2.45) is 0 Å². The number of hydrogen-bond acceptors (Lipinski definition) is 5. The summed E-state index contributed by atoms with van der Waals surface area (Å²) in [6.45, 7) is 2.00. The highest BCUT2D eigenvalue weighted by molar-refractivity contribution is 5.61. The number of nitrogens with zero attached hydrogens (tertiary/aromatic N) is 3. The van der Waals surface area contributed by atoms with Crippen molar-refractivity contribution in [1.82, 2.24) is 15.3 Å². The van der Waals surface area contributed by atoms with Gasteiger partial charge in [0.05, 0.1) is 18.2 Å². The minimum Gasteiger partial charge on any atom is -0.472 e. The number of anilines is 1. The second-order valence-electron chi connectivity index (χ2n) is 4.16. The topological polar surface area (TPSA) is 54.2 Å². The van der Waals surface area contributed by atoms with Crippen molar-refractivity contribution in [3.63, 3.8) is 0 Å². The smallest absolute Gasteiger partial charge is 0.132 e. The maximum atomic E-state index is 5.06. The van der Waals surface area contributed by atoms with E-state index in [9.17, 15) is 0 Å². The second kappa shape index (κ2) is 4.18.